The fraction of sp³-hybridized carbons (Fsp3) is 0.500. The van der Waals surface area contributed by atoms with Crippen LogP contribution < -0.4 is 5.73 Å². The number of hydrogen-bond donors (Lipinski definition) is 1. The number of nitrogens with two attached hydrogens (primary N) is 1. The van der Waals surface area contributed by atoms with Gasteiger partial charge in [0.15, 0.2) is 0 Å². The number of aromatic nitrogens is 1. The van der Waals surface area contributed by atoms with Crippen molar-refractivity contribution in [2.45, 2.75) is 44.6 Å². The van der Waals surface area contributed by atoms with Crippen LogP contribution in [-0.2, 0) is 19.3 Å². The molecule has 0 bridgehead atoms. The molecule has 0 spiro atoms. The Bertz CT molecular complexity index is 478. The van der Waals surface area contributed by atoms with Gasteiger partial charge < -0.3 is 5.73 Å². The van der Waals surface area contributed by atoms with E-state index in [0.29, 0.717) is 0 Å². The summed E-state index contributed by atoms with van der Waals surface area (Å²) in [5.41, 5.74) is 7.87. The third kappa shape index (κ3) is 2.66. The number of thiophene rings is 1. The van der Waals surface area contributed by atoms with Gasteiger partial charge in [-0.15, -0.1) is 22.7 Å². The molecule has 1 atom stereocenters. The van der Waals surface area contributed by atoms with Crippen molar-refractivity contribution in [2.24, 2.45) is 5.73 Å². The monoisotopic (exact) mass is 278 g/mol. The molecule has 2 N–H and O–H groups in total. The molecule has 0 saturated heterocycles. The van der Waals surface area contributed by atoms with E-state index in [1.54, 1.807) is 21.8 Å². The summed E-state index contributed by atoms with van der Waals surface area (Å²) in [7, 11) is 0. The summed E-state index contributed by atoms with van der Waals surface area (Å²) < 4.78 is 0. The lowest BCUT2D eigenvalue weighted by Gasteiger charge is -2.06. The number of rotatable bonds is 3. The molecule has 2 heterocycles. The standard InChI is InChI=1S/C14H18N2S2/c15-11(9-14-16-6-7-17-14)13-8-10-4-2-1-3-5-12(10)18-13/h6-8,11H,1-5,9,15H2. The van der Waals surface area contributed by atoms with Crippen LogP contribution in [0.5, 0.6) is 0 Å². The Labute approximate surface area is 116 Å². The quantitative estimate of drug-likeness (QED) is 0.869. The number of nitrogens with zero attached hydrogens (tertiary/aromatic N) is 1. The number of fused-ring (bicyclic) bond motifs is 1. The van der Waals surface area contributed by atoms with Gasteiger partial charge in [0.25, 0.3) is 0 Å². The van der Waals surface area contributed by atoms with E-state index in [0.717, 1.165) is 11.4 Å². The average Bonchev–Trinajstić information content (AvgIpc) is 2.95. The molecule has 0 aliphatic heterocycles. The van der Waals surface area contributed by atoms with Gasteiger partial charge in [0.1, 0.15) is 0 Å². The van der Waals surface area contributed by atoms with Crippen LogP contribution in [0.15, 0.2) is 17.6 Å². The molecule has 4 heteroatoms. The molecule has 18 heavy (non-hydrogen) atoms. The average molecular weight is 278 g/mol. The smallest absolute Gasteiger partial charge is 0.0944 e. The molecule has 2 nitrogen and oxygen atoms in total. The van der Waals surface area contributed by atoms with Crippen LogP contribution in [-0.4, -0.2) is 4.98 Å². The van der Waals surface area contributed by atoms with Gasteiger partial charge in [0.05, 0.1) is 5.01 Å². The zero-order chi connectivity index (χ0) is 12.4. The van der Waals surface area contributed by atoms with E-state index in [-0.39, 0.29) is 6.04 Å². The highest BCUT2D eigenvalue weighted by molar-refractivity contribution is 7.12. The number of hydrogen-bond acceptors (Lipinski definition) is 4. The van der Waals surface area contributed by atoms with Crippen LogP contribution in [0.2, 0.25) is 0 Å². The minimum absolute atomic E-state index is 0.119. The van der Waals surface area contributed by atoms with Crippen LogP contribution in [0.3, 0.4) is 0 Å². The second-order valence-electron chi connectivity index (χ2n) is 4.89. The predicted molar refractivity (Wildman–Crippen MR) is 78.3 cm³/mol. The van der Waals surface area contributed by atoms with Crippen molar-refractivity contribution >= 4 is 22.7 Å². The summed E-state index contributed by atoms with van der Waals surface area (Å²) in [6.45, 7) is 0. The van der Waals surface area contributed by atoms with E-state index >= 15 is 0 Å². The molecule has 2 aromatic rings. The summed E-state index contributed by atoms with van der Waals surface area (Å²) >= 11 is 3.63. The first kappa shape index (κ1) is 12.3. The lowest BCUT2D eigenvalue weighted by molar-refractivity contribution is 0.709. The summed E-state index contributed by atoms with van der Waals surface area (Å²) in [6, 6.07) is 2.47. The first-order valence-electron chi connectivity index (χ1n) is 6.58. The highest BCUT2D eigenvalue weighted by atomic mass is 32.1. The zero-order valence-corrected chi connectivity index (χ0v) is 12.0. The molecule has 0 saturated carbocycles. The first-order valence-corrected chi connectivity index (χ1v) is 8.28. The van der Waals surface area contributed by atoms with Crippen LogP contribution in [0, 0.1) is 0 Å². The van der Waals surface area contributed by atoms with Gasteiger partial charge in [0, 0.05) is 33.8 Å². The van der Waals surface area contributed by atoms with Crippen LogP contribution in [0.1, 0.15) is 45.6 Å². The lowest BCUT2D eigenvalue weighted by Crippen LogP contribution is -2.11. The van der Waals surface area contributed by atoms with Crippen molar-refractivity contribution in [3.05, 3.63) is 38.0 Å². The third-order valence-corrected chi connectivity index (χ3v) is 5.68. The maximum absolute atomic E-state index is 6.31. The molecule has 3 rings (SSSR count). The Morgan fingerprint density at radius 3 is 3.00 bits per heavy atom. The fourth-order valence-corrected chi connectivity index (χ4v) is 4.45. The van der Waals surface area contributed by atoms with Crippen LogP contribution in [0.4, 0.5) is 0 Å². The van der Waals surface area contributed by atoms with Crippen LogP contribution >= 0.6 is 22.7 Å². The molecular weight excluding hydrogens is 260 g/mol. The highest BCUT2D eigenvalue weighted by Crippen LogP contribution is 2.32. The first-order chi connectivity index (χ1) is 8.83. The van der Waals surface area contributed by atoms with Gasteiger partial charge in [-0.1, -0.05) is 6.42 Å². The van der Waals surface area contributed by atoms with E-state index < -0.39 is 0 Å². The molecular formula is C14H18N2S2. The Morgan fingerprint density at radius 1 is 1.28 bits per heavy atom. The fourth-order valence-electron chi connectivity index (χ4n) is 2.52. The van der Waals surface area contributed by atoms with Crippen LogP contribution in [0.25, 0.3) is 0 Å². The van der Waals surface area contributed by atoms with Gasteiger partial charge >= 0.3 is 0 Å². The van der Waals surface area contributed by atoms with Crippen molar-refractivity contribution in [1.29, 1.82) is 0 Å². The van der Waals surface area contributed by atoms with E-state index in [1.807, 2.05) is 22.9 Å². The van der Waals surface area contributed by atoms with E-state index in [1.165, 1.54) is 37.0 Å². The largest absolute Gasteiger partial charge is 0.323 e. The van der Waals surface area contributed by atoms with Crippen molar-refractivity contribution in [1.82, 2.24) is 4.98 Å². The molecule has 96 valence electrons. The van der Waals surface area contributed by atoms with E-state index in [2.05, 4.69) is 11.1 Å². The third-order valence-electron chi connectivity index (χ3n) is 3.51. The minimum Gasteiger partial charge on any atom is -0.323 e. The van der Waals surface area contributed by atoms with Gasteiger partial charge in [-0.05, 0) is 37.3 Å². The minimum atomic E-state index is 0.119. The van der Waals surface area contributed by atoms with Gasteiger partial charge in [0.2, 0.25) is 0 Å². The molecule has 1 unspecified atom stereocenters. The molecule has 0 radical (unpaired) electrons. The molecule has 0 fully saturated rings. The van der Waals surface area contributed by atoms with E-state index in [4.69, 9.17) is 5.73 Å². The second-order valence-corrected chi connectivity index (χ2v) is 7.04. The SMILES string of the molecule is NC(Cc1nccs1)c1cc2c(s1)CCCCC2. The molecule has 1 aliphatic carbocycles. The normalized spacial score (nSPS) is 17.2. The number of aryl methyl sites for hydroxylation is 2. The second kappa shape index (κ2) is 5.51. The lowest BCUT2D eigenvalue weighted by atomic mass is 10.1. The summed E-state index contributed by atoms with van der Waals surface area (Å²) in [6.07, 6.45) is 9.29. The number of thiazole rings is 1. The van der Waals surface area contributed by atoms with Gasteiger partial charge in [-0.2, -0.15) is 0 Å². The Balaban J connectivity index is 1.76. The summed E-state index contributed by atoms with van der Waals surface area (Å²) in [4.78, 5) is 7.25. The molecule has 1 aliphatic rings. The topological polar surface area (TPSA) is 38.9 Å². The summed E-state index contributed by atoms with van der Waals surface area (Å²) in [5.74, 6) is 0. The van der Waals surface area contributed by atoms with Gasteiger partial charge in [-0.25, -0.2) is 4.98 Å². The molecule has 0 aromatic carbocycles. The zero-order valence-electron chi connectivity index (χ0n) is 10.4. The molecule has 2 aromatic heterocycles. The van der Waals surface area contributed by atoms with Crippen molar-refractivity contribution in [3.8, 4) is 0 Å². The van der Waals surface area contributed by atoms with Crippen molar-refractivity contribution in [2.75, 3.05) is 0 Å². The predicted octanol–water partition coefficient (Wildman–Crippen LogP) is 3.72. The van der Waals surface area contributed by atoms with Crippen molar-refractivity contribution in [3.63, 3.8) is 0 Å². The maximum Gasteiger partial charge on any atom is 0.0944 e. The molecule has 0 amide bonds. The Kier molecular flexibility index (Phi) is 3.77. The maximum atomic E-state index is 6.31. The Hall–Kier alpha value is -0.710. The van der Waals surface area contributed by atoms with Crippen molar-refractivity contribution < 1.29 is 0 Å². The Morgan fingerprint density at radius 2 is 2.17 bits per heavy atom. The van der Waals surface area contributed by atoms with Gasteiger partial charge in [-0.3, -0.25) is 0 Å². The highest BCUT2D eigenvalue weighted by Gasteiger charge is 2.16. The summed E-state index contributed by atoms with van der Waals surface area (Å²) in [5, 5.41) is 3.16. The van der Waals surface area contributed by atoms with E-state index in [9.17, 15) is 0 Å².